The number of carbonyl (C=O) groups is 1. The van der Waals surface area contributed by atoms with E-state index in [4.69, 9.17) is 15.4 Å². The van der Waals surface area contributed by atoms with Crippen LogP contribution in [0.5, 0.6) is 0 Å². The molecule has 0 saturated carbocycles. The predicted octanol–water partition coefficient (Wildman–Crippen LogP) is 1.49. The zero-order valence-electron chi connectivity index (χ0n) is 10.6. The Morgan fingerprint density at radius 3 is 2.89 bits per heavy atom. The number of furan rings is 1. The van der Waals surface area contributed by atoms with Crippen LogP contribution in [0.3, 0.4) is 0 Å². The molecule has 100 valence electrons. The highest BCUT2D eigenvalue weighted by Gasteiger charge is 2.19. The van der Waals surface area contributed by atoms with Crippen molar-refractivity contribution in [2.75, 3.05) is 0 Å². The van der Waals surface area contributed by atoms with Crippen molar-refractivity contribution in [3.05, 3.63) is 23.7 Å². The van der Waals surface area contributed by atoms with Gasteiger partial charge >= 0.3 is 0 Å². The Kier molecular flexibility index (Phi) is 5.23. The second-order valence-corrected chi connectivity index (χ2v) is 3.95. The summed E-state index contributed by atoms with van der Waals surface area (Å²) in [6.45, 7) is 3.86. The van der Waals surface area contributed by atoms with Crippen LogP contribution in [0.4, 0.5) is 0 Å². The van der Waals surface area contributed by atoms with E-state index in [1.54, 1.807) is 6.07 Å². The maximum absolute atomic E-state index is 12.0. The summed E-state index contributed by atoms with van der Waals surface area (Å²) in [6.07, 6.45) is 3.54. The van der Waals surface area contributed by atoms with Crippen LogP contribution in [0, 0.1) is 0 Å². The van der Waals surface area contributed by atoms with Gasteiger partial charge in [-0.2, -0.15) is 0 Å². The Morgan fingerprint density at radius 2 is 2.33 bits per heavy atom. The molecule has 1 heterocycles. The lowest BCUT2D eigenvalue weighted by atomic mass is 10.1. The van der Waals surface area contributed by atoms with E-state index in [1.807, 2.05) is 13.8 Å². The fourth-order valence-corrected chi connectivity index (χ4v) is 1.71. The van der Waals surface area contributed by atoms with Crippen LogP contribution >= 0.6 is 0 Å². The van der Waals surface area contributed by atoms with Crippen molar-refractivity contribution in [1.82, 2.24) is 5.32 Å². The Morgan fingerprint density at radius 1 is 1.61 bits per heavy atom. The monoisotopic (exact) mass is 253 g/mol. The third kappa shape index (κ3) is 3.26. The number of rotatable bonds is 6. The lowest BCUT2D eigenvalue weighted by molar-refractivity contribution is 0.0943. The molecule has 1 amide bonds. The number of carbonyl (C=O) groups excluding carboxylic acids is 1. The lowest BCUT2D eigenvalue weighted by Gasteiger charge is -2.16. The van der Waals surface area contributed by atoms with Crippen LogP contribution in [0.25, 0.3) is 0 Å². The van der Waals surface area contributed by atoms with E-state index in [2.05, 4.69) is 10.5 Å². The van der Waals surface area contributed by atoms with E-state index in [-0.39, 0.29) is 11.7 Å². The standard InChI is InChI=1S/C12H19N3O3/c1-3-5-9(11(13)15-17)14-12(16)8-6-7-18-10(8)4-2/h6-7,9,17H,3-5H2,1-2H3,(H2,13,15)(H,14,16). The minimum absolute atomic E-state index is 0.00624. The number of hydrogen-bond acceptors (Lipinski definition) is 4. The number of aryl methyl sites for hydroxylation is 1. The van der Waals surface area contributed by atoms with Gasteiger partial charge in [0, 0.05) is 6.42 Å². The van der Waals surface area contributed by atoms with Crippen LogP contribution in [-0.4, -0.2) is 23.0 Å². The molecule has 0 radical (unpaired) electrons. The number of amides is 1. The molecule has 0 spiro atoms. The van der Waals surface area contributed by atoms with E-state index in [0.29, 0.717) is 24.2 Å². The molecule has 6 nitrogen and oxygen atoms in total. The number of nitrogens with zero attached hydrogens (tertiary/aromatic N) is 1. The zero-order chi connectivity index (χ0) is 13.5. The van der Waals surface area contributed by atoms with Crippen molar-refractivity contribution in [3.8, 4) is 0 Å². The maximum Gasteiger partial charge on any atom is 0.255 e. The molecule has 0 aliphatic rings. The Balaban J connectivity index is 2.78. The average molecular weight is 253 g/mol. The summed E-state index contributed by atoms with van der Waals surface area (Å²) < 4.78 is 5.19. The zero-order valence-corrected chi connectivity index (χ0v) is 10.6. The van der Waals surface area contributed by atoms with E-state index in [1.165, 1.54) is 6.26 Å². The Labute approximate surface area is 106 Å². The molecule has 6 heteroatoms. The molecule has 1 aromatic heterocycles. The van der Waals surface area contributed by atoms with Gasteiger partial charge in [0.05, 0.1) is 17.9 Å². The first kappa shape index (κ1) is 14.1. The van der Waals surface area contributed by atoms with Crippen LogP contribution < -0.4 is 11.1 Å². The molecule has 0 bridgehead atoms. The molecule has 1 rings (SSSR count). The minimum Gasteiger partial charge on any atom is -0.469 e. The van der Waals surface area contributed by atoms with Gasteiger partial charge in [-0.15, -0.1) is 0 Å². The first-order valence-electron chi connectivity index (χ1n) is 5.98. The van der Waals surface area contributed by atoms with Gasteiger partial charge in [0.2, 0.25) is 0 Å². The van der Waals surface area contributed by atoms with E-state index >= 15 is 0 Å². The highest BCUT2D eigenvalue weighted by molar-refractivity contribution is 5.98. The SMILES string of the molecule is CCCC(NC(=O)c1ccoc1CC)/C(N)=N/O. The summed E-state index contributed by atoms with van der Waals surface area (Å²) in [6, 6.07) is 1.15. The summed E-state index contributed by atoms with van der Waals surface area (Å²) in [5, 5.41) is 14.3. The third-order valence-electron chi connectivity index (χ3n) is 2.67. The molecule has 4 N–H and O–H groups in total. The van der Waals surface area contributed by atoms with Crippen LogP contribution in [0.2, 0.25) is 0 Å². The first-order valence-corrected chi connectivity index (χ1v) is 5.98. The first-order chi connectivity index (χ1) is 8.63. The average Bonchev–Trinajstić information content (AvgIpc) is 2.85. The lowest BCUT2D eigenvalue weighted by Crippen LogP contribution is -2.44. The van der Waals surface area contributed by atoms with Gasteiger partial charge in [-0.1, -0.05) is 25.4 Å². The molecular weight excluding hydrogens is 234 g/mol. The molecule has 1 unspecified atom stereocenters. The van der Waals surface area contributed by atoms with Gasteiger partial charge in [0.25, 0.3) is 5.91 Å². The molecular formula is C12H19N3O3. The normalized spacial score (nSPS) is 13.3. The fourth-order valence-electron chi connectivity index (χ4n) is 1.71. The van der Waals surface area contributed by atoms with Crippen molar-refractivity contribution in [2.45, 2.75) is 39.2 Å². The summed E-state index contributed by atoms with van der Waals surface area (Å²) >= 11 is 0. The number of amidine groups is 1. The number of oxime groups is 1. The number of nitrogens with two attached hydrogens (primary N) is 1. The van der Waals surface area contributed by atoms with Crippen LogP contribution in [-0.2, 0) is 6.42 Å². The van der Waals surface area contributed by atoms with Crippen LogP contribution in [0.15, 0.2) is 21.9 Å². The molecule has 18 heavy (non-hydrogen) atoms. The Hall–Kier alpha value is -1.98. The maximum atomic E-state index is 12.0. The molecule has 0 saturated heterocycles. The second-order valence-electron chi connectivity index (χ2n) is 3.95. The van der Waals surface area contributed by atoms with E-state index in [0.717, 1.165) is 6.42 Å². The molecule has 0 aliphatic carbocycles. The van der Waals surface area contributed by atoms with Gasteiger partial charge in [0.15, 0.2) is 5.84 Å². The highest BCUT2D eigenvalue weighted by atomic mass is 16.4. The summed E-state index contributed by atoms with van der Waals surface area (Å²) in [4.78, 5) is 12.0. The minimum atomic E-state index is -0.466. The summed E-state index contributed by atoms with van der Waals surface area (Å²) in [5.74, 6) is 0.361. The number of hydrogen-bond donors (Lipinski definition) is 3. The summed E-state index contributed by atoms with van der Waals surface area (Å²) in [7, 11) is 0. The fraction of sp³-hybridized carbons (Fsp3) is 0.500. The van der Waals surface area contributed by atoms with Crippen molar-refractivity contribution < 1.29 is 14.4 Å². The van der Waals surface area contributed by atoms with E-state index in [9.17, 15) is 4.79 Å². The van der Waals surface area contributed by atoms with Gasteiger partial charge in [-0.3, -0.25) is 4.79 Å². The van der Waals surface area contributed by atoms with Gasteiger partial charge in [0.1, 0.15) is 5.76 Å². The highest BCUT2D eigenvalue weighted by Crippen LogP contribution is 2.11. The molecule has 0 fully saturated rings. The van der Waals surface area contributed by atoms with Crippen LogP contribution in [0.1, 0.15) is 42.8 Å². The second kappa shape index (κ2) is 6.68. The molecule has 0 aromatic carbocycles. The van der Waals surface area contributed by atoms with Crippen molar-refractivity contribution in [3.63, 3.8) is 0 Å². The van der Waals surface area contributed by atoms with Gasteiger partial charge < -0.3 is 20.7 Å². The van der Waals surface area contributed by atoms with E-state index < -0.39 is 6.04 Å². The van der Waals surface area contributed by atoms with Gasteiger partial charge in [-0.05, 0) is 12.5 Å². The van der Waals surface area contributed by atoms with Crippen molar-refractivity contribution in [1.29, 1.82) is 0 Å². The van der Waals surface area contributed by atoms with Crippen molar-refractivity contribution in [2.24, 2.45) is 10.9 Å². The number of nitrogens with one attached hydrogen (secondary N) is 1. The topological polar surface area (TPSA) is 101 Å². The van der Waals surface area contributed by atoms with Crippen molar-refractivity contribution >= 4 is 11.7 Å². The molecule has 1 atom stereocenters. The van der Waals surface area contributed by atoms with Gasteiger partial charge in [-0.25, -0.2) is 0 Å². The molecule has 1 aromatic rings. The molecule has 0 aliphatic heterocycles. The Bertz CT molecular complexity index is 426. The third-order valence-corrected chi connectivity index (χ3v) is 2.67. The quantitative estimate of drug-likeness (QED) is 0.309. The predicted molar refractivity (Wildman–Crippen MR) is 67.7 cm³/mol. The smallest absolute Gasteiger partial charge is 0.255 e. The largest absolute Gasteiger partial charge is 0.469 e. The summed E-state index contributed by atoms with van der Waals surface area (Å²) in [5.41, 5.74) is 6.03.